The average molecular weight is 438 g/mol. The number of aromatic nitrogens is 2. The van der Waals surface area contributed by atoms with Crippen LogP contribution in [0.3, 0.4) is 0 Å². The van der Waals surface area contributed by atoms with Gasteiger partial charge in [0.15, 0.2) is 5.96 Å². The van der Waals surface area contributed by atoms with E-state index in [-0.39, 0.29) is 0 Å². The van der Waals surface area contributed by atoms with Crippen LogP contribution in [-0.4, -0.2) is 29.7 Å². The molecule has 10 heteroatoms. The molecule has 0 aliphatic carbocycles. The normalized spacial score (nSPS) is 12.1. The number of rotatable bonds is 6. The summed E-state index contributed by atoms with van der Waals surface area (Å²) in [4.78, 5) is 8.42. The van der Waals surface area contributed by atoms with Gasteiger partial charge in [-0.15, -0.1) is 0 Å². The second-order valence-electron chi connectivity index (χ2n) is 6.32. The maximum atomic E-state index is 12.6. The molecule has 3 rings (SSSR count). The van der Waals surface area contributed by atoms with Crippen molar-refractivity contribution in [3.63, 3.8) is 0 Å². The number of guanidine groups is 1. The van der Waals surface area contributed by atoms with Crippen molar-refractivity contribution in [1.82, 2.24) is 20.8 Å². The van der Waals surface area contributed by atoms with E-state index < -0.39 is 11.7 Å². The van der Waals surface area contributed by atoms with Gasteiger partial charge in [-0.25, -0.2) is 0 Å². The lowest BCUT2D eigenvalue weighted by molar-refractivity contribution is -0.137. The lowest BCUT2D eigenvalue weighted by Gasteiger charge is -2.12. The highest BCUT2D eigenvalue weighted by molar-refractivity contribution is 6.30. The Bertz CT molecular complexity index is 1000. The molecule has 0 saturated carbocycles. The minimum absolute atomic E-state index is 0.331. The highest BCUT2D eigenvalue weighted by atomic mass is 35.5. The average Bonchev–Trinajstić information content (AvgIpc) is 3.19. The summed E-state index contributed by atoms with van der Waals surface area (Å²) < 4.78 is 43.1. The predicted octanol–water partition coefficient (Wildman–Crippen LogP) is 4.32. The summed E-state index contributed by atoms with van der Waals surface area (Å²) in [6.45, 7) is 0.807. The van der Waals surface area contributed by atoms with Crippen molar-refractivity contribution in [2.45, 2.75) is 19.1 Å². The monoisotopic (exact) mass is 437 g/mol. The van der Waals surface area contributed by atoms with Crippen LogP contribution in [0.2, 0.25) is 5.02 Å². The summed E-state index contributed by atoms with van der Waals surface area (Å²) in [5.41, 5.74) is 0.791. The molecule has 0 fully saturated rings. The minimum atomic E-state index is -4.34. The van der Waals surface area contributed by atoms with Crippen molar-refractivity contribution in [2.24, 2.45) is 4.99 Å². The standard InChI is InChI=1S/C20H19ClF3N5O/c1-25-19(27-12-13-5-7-15(8-6-13)20(22,23)24)26-10-9-17-28-18(29-30-17)14-3-2-4-16(21)11-14/h2-8,11H,9-10,12H2,1H3,(H2,25,26,27). The Hall–Kier alpha value is -3.07. The summed E-state index contributed by atoms with van der Waals surface area (Å²) in [6, 6.07) is 12.1. The summed E-state index contributed by atoms with van der Waals surface area (Å²) in [5, 5.41) is 10.7. The molecular formula is C20H19ClF3N5O. The fourth-order valence-electron chi connectivity index (χ4n) is 2.61. The van der Waals surface area contributed by atoms with E-state index in [0.717, 1.165) is 17.7 Å². The molecule has 30 heavy (non-hydrogen) atoms. The second-order valence-corrected chi connectivity index (χ2v) is 6.76. The van der Waals surface area contributed by atoms with Crippen molar-refractivity contribution < 1.29 is 17.7 Å². The molecular weight excluding hydrogens is 419 g/mol. The molecule has 0 bridgehead atoms. The molecule has 0 aliphatic heterocycles. The van der Waals surface area contributed by atoms with Crippen molar-refractivity contribution in [3.8, 4) is 11.4 Å². The molecule has 1 heterocycles. The van der Waals surface area contributed by atoms with E-state index in [1.807, 2.05) is 12.1 Å². The Morgan fingerprint density at radius 3 is 2.57 bits per heavy atom. The topological polar surface area (TPSA) is 75.3 Å². The van der Waals surface area contributed by atoms with Crippen LogP contribution in [0.1, 0.15) is 17.0 Å². The van der Waals surface area contributed by atoms with Gasteiger partial charge < -0.3 is 15.2 Å². The molecule has 0 spiro atoms. The third kappa shape index (κ3) is 5.96. The van der Waals surface area contributed by atoms with E-state index in [0.29, 0.717) is 47.8 Å². The molecule has 2 aromatic carbocycles. The Balaban J connectivity index is 1.47. The van der Waals surface area contributed by atoms with Gasteiger partial charge in [-0.3, -0.25) is 4.99 Å². The number of halogens is 4. The zero-order chi connectivity index (χ0) is 21.6. The highest BCUT2D eigenvalue weighted by Gasteiger charge is 2.29. The van der Waals surface area contributed by atoms with Crippen LogP contribution in [0.25, 0.3) is 11.4 Å². The first-order valence-electron chi connectivity index (χ1n) is 9.04. The van der Waals surface area contributed by atoms with Crippen LogP contribution in [0, 0.1) is 0 Å². The molecule has 0 saturated heterocycles. The molecule has 2 N–H and O–H groups in total. The number of nitrogens with zero attached hydrogens (tertiary/aromatic N) is 3. The lowest BCUT2D eigenvalue weighted by atomic mass is 10.1. The van der Waals surface area contributed by atoms with Crippen LogP contribution in [-0.2, 0) is 19.1 Å². The number of hydrogen-bond donors (Lipinski definition) is 2. The second kappa shape index (κ2) is 9.62. The fraction of sp³-hybridized carbons (Fsp3) is 0.250. The predicted molar refractivity (Wildman–Crippen MR) is 108 cm³/mol. The van der Waals surface area contributed by atoms with Gasteiger partial charge in [0.2, 0.25) is 11.7 Å². The van der Waals surface area contributed by atoms with Gasteiger partial charge in [-0.1, -0.05) is 41.0 Å². The number of hydrogen-bond acceptors (Lipinski definition) is 4. The molecule has 0 aliphatic rings. The minimum Gasteiger partial charge on any atom is -0.356 e. The number of aliphatic imine (C=N–C) groups is 1. The number of nitrogens with one attached hydrogen (secondary N) is 2. The van der Waals surface area contributed by atoms with E-state index in [9.17, 15) is 13.2 Å². The molecule has 0 atom stereocenters. The van der Waals surface area contributed by atoms with Gasteiger partial charge in [-0.05, 0) is 29.8 Å². The van der Waals surface area contributed by atoms with E-state index in [1.54, 1.807) is 19.2 Å². The van der Waals surface area contributed by atoms with Crippen LogP contribution in [0.15, 0.2) is 58.0 Å². The summed E-state index contributed by atoms with van der Waals surface area (Å²) >= 11 is 5.97. The molecule has 3 aromatic rings. The lowest BCUT2D eigenvalue weighted by Crippen LogP contribution is -2.37. The van der Waals surface area contributed by atoms with Crippen molar-refractivity contribution >= 4 is 17.6 Å². The SMILES string of the molecule is CN=C(NCCc1nc(-c2cccc(Cl)c2)no1)NCc1ccc(C(F)(F)F)cc1. The van der Waals surface area contributed by atoms with Crippen molar-refractivity contribution in [3.05, 3.63) is 70.6 Å². The van der Waals surface area contributed by atoms with E-state index >= 15 is 0 Å². The molecule has 0 unspecified atom stereocenters. The third-order valence-electron chi connectivity index (χ3n) is 4.15. The Morgan fingerprint density at radius 2 is 1.90 bits per heavy atom. The zero-order valence-corrected chi connectivity index (χ0v) is 16.8. The maximum Gasteiger partial charge on any atom is 0.416 e. The summed E-state index contributed by atoms with van der Waals surface area (Å²) in [5.74, 6) is 1.41. The van der Waals surface area contributed by atoms with Gasteiger partial charge in [0.05, 0.1) is 5.56 Å². The molecule has 0 radical (unpaired) electrons. The fourth-order valence-corrected chi connectivity index (χ4v) is 2.80. The Morgan fingerprint density at radius 1 is 1.13 bits per heavy atom. The molecule has 6 nitrogen and oxygen atoms in total. The molecule has 1 aromatic heterocycles. The molecule has 158 valence electrons. The van der Waals surface area contributed by atoms with E-state index in [1.165, 1.54) is 12.1 Å². The van der Waals surface area contributed by atoms with Crippen molar-refractivity contribution in [2.75, 3.05) is 13.6 Å². The quantitative estimate of drug-likeness (QED) is 0.444. The Labute approximate surface area is 176 Å². The third-order valence-corrected chi connectivity index (χ3v) is 4.38. The first-order valence-corrected chi connectivity index (χ1v) is 9.42. The highest BCUT2D eigenvalue weighted by Crippen LogP contribution is 2.29. The van der Waals surface area contributed by atoms with Crippen molar-refractivity contribution in [1.29, 1.82) is 0 Å². The van der Waals surface area contributed by atoms with E-state index in [2.05, 4.69) is 25.8 Å². The van der Waals surface area contributed by atoms with E-state index in [4.69, 9.17) is 16.1 Å². The van der Waals surface area contributed by atoms with Crippen LogP contribution in [0.4, 0.5) is 13.2 Å². The number of benzene rings is 2. The zero-order valence-electron chi connectivity index (χ0n) is 16.0. The summed E-state index contributed by atoms with van der Waals surface area (Å²) in [7, 11) is 1.60. The number of alkyl halides is 3. The van der Waals surface area contributed by atoms with Gasteiger partial charge in [0.1, 0.15) is 0 Å². The van der Waals surface area contributed by atoms with Crippen LogP contribution in [0.5, 0.6) is 0 Å². The molecule has 0 amide bonds. The first-order chi connectivity index (χ1) is 14.3. The Kier molecular flexibility index (Phi) is 6.94. The van der Waals surface area contributed by atoms with Crippen LogP contribution < -0.4 is 10.6 Å². The summed E-state index contributed by atoms with van der Waals surface area (Å²) in [6.07, 6.45) is -3.88. The van der Waals surface area contributed by atoms with Crippen LogP contribution >= 0.6 is 11.6 Å². The van der Waals surface area contributed by atoms with Gasteiger partial charge in [-0.2, -0.15) is 18.2 Å². The first kappa shape index (κ1) is 21.6. The maximum absolute atomic E-state index is 12.6. The van der Waals surface area contributed by atoms with Gasteiger partial charge in [0.25, 0.3) is 0 Å². The van der Waals surface area contributed by atoms with Gasteiger partial charge >= 0.3 is 6.18 Å². The largest absolute Gasteiger partial charge is 0.416 e. The smallest absolute Gasteiger partial charge is 0.356 e. The van der Waals surface area contributed by atoms with Gasteiger partial charge in [0, 0.05) is 37.1 Å².